The third-order valence-corrected chi connectivity index (χ3v) is 8.98. The van der Waals surface area contributed by atoms with Crippen molar-refractivity contribution in [2.75, 3.05) is 0 Å². The van der Waals surface area contributed by atoms with Gasteiger partial charge in [-0.15, -0.1) is 0 Å². The molecular weight excluding hydrogens is 421 g/mol. The summed E-state index contributed by atoms with van der Waals surface area (Å²) in [5, 5.41) is 14.1. The summed E-state index contributed by atoms with van der Waals surface area (Å²) in [6, 6.07) is 4.59. The van der Waals surface area contributed by atoms with E-state index in [1.807, 2.05) is 0 Å². The Kier molecular flexibility index (Phi) is 7.67. The number of benzene rings is 1. The molecule has 0 aliphatic rings. The van der Waals surface area contributed by atoms with E-state index in [0.717, 1.165) is 10.4 Å². The molecule has 0 atom stereocenters. The van der Waals surface area contributed by atoms with Crippen molar-refractivity contribution in [3.8, 4) is 5.75 Å². The van der Waals surface area contributed by atoms with Crippen molar-refractivity contribution in [3.63, 3.8) is 0 Å². The van der Waals surface area contributed by atoms with E-state index in [4.69, 9.17) is 0 Å². The van der Waals surface area contributed by atoms with E-state index in [0.29, 0.717) is 5.75 Å². The van der Waals surface area contributed by atoms with Gasteiger partial charge in [0.05, 0.1) is 0 Å². The molecule has 0 bridgehead atoms. The van der Waals surface area contributed by atoms with Crippen molar-refractivity contribution in [3.05, 3.63) is 28.8 Å². The second-order valence-electron chi connectivity index (χ2n) is 5.98. The van der Waals surface area contributed by atoms with Crippen LogP contribution in [0.25, 0.3) is 0 Å². The number of phenolic OH excluding ortho intramolecular Hbond substituents is 1. The van der Waals surface area contributed by atoms with Crippen LogP contribution < -0.4 is 0 Å². The number of hydrogen-bond donors (Lipinski definition) is 1. The molecule has 0 aromatic heterocycles. The van der Waals surface area contributed by atoms with Crippen LogP contribution in [0.3, 0.4) is 0 Å². The Morgan fingerprint density at radius 2 is 1.11 bits per heavy atom. The number of hydrogen-bond acceptors (Lipinski definition) is 1. The molecule has 1 nitrogen and oxygen atoms in total. The zero-order valence-electron chi connectivity index (χ0n) is 13.1. The molecule has 1 rings (SSSR count). The van der Waals surface area contributed by atoms with Crippen LogP contribution in [0.2, 0.25) is 34.3 Å². The molecule has 0 heterocycles. The van der Waals surface area contributed by atoms with Crippen LogP contribution in [0.5, 0.6) is 5.75 Å². The van der Waals surface area contributed by atoms with Gasteiger partial charge in [-0.1, -0.05) is 0 Å². The van der Waals surface area contributed by atoms with E-state index >= 15 is 0 Å². The molecule has 108 valence electrons. The predicted molar refractivity (Wildman–Crippen MR) is 91.7 cm³/mol. The van der Waals surface area contributed by atoms with Crippen molar-refractivity contribution in [2.45, 2.75) is 49.9 Å². The van der Waals surface area contributed by atoms with Gasteiger partial charge in [-0.3, -0.25) is 0 Å². The second kappa shape index (κ2) is 8.21. The molecule has 0 radical (unpaired) electrons. The Hall–Kier alpha value is 0.695. The van der Waals surface area contributed by atoms with Gasteiger partial charge in [0, 0.05) is 0 Å². The summed E-state index contributed by atoms with van der Waals surface area (Å²) in [6.07, 6.45) is 0. The topological polar surface area (TPSA) is 20.2 Å². The summed E-state index contributed by atoms with van der Waals surface area (Å²) in [4.78, 5) is 0. The van der Waals surface area contributed by atoms with E-state index in [2.05, 4.69) is 46.4 Å². The fraction of sp³-hybridized carbons (Fsp3) is 0.600. The second-order valence-corrected chi connectivity index (χ2v) is 21.6. The summed E-state index contributed by atoms with van der Waals surface area (Å²) < 4.78 is 0. The Morgan fingerprint density at radius 1 is 0.737 bits per heavy atom. The quantitative estimate of drug-likeness (QED) is 0.655. The Labute approximate surface area is 133 Å². The summed E-state index contributed by atoms with van der Waals surface area (Å²) in [7, 11) is 0. The molecule has 1 aromatic carbocycles. The summed E-state index contributed by atoms with van der Waals surface area (Å²) in [5.41, 5.74) is 18.3. The molecule has 0 saturated heterocycles. The SMILES string of the molecule is C[As](C)Cc1cc(C[As](C)C)c(O)c(C[As](C)C)c1. The Balaban J connectivity index is 3.13. The maximum atomic E-state index is 10.5. The van der Waals surface area contributed by atoms with Gasteiger partial charge in [0.1, 0.15) is 0 Å². The molecule has 0 unspecified atom stereocenters. The third-order valence-electron chi connectivity index (χ3n) is 2.80. The van der Waals surface area contributed by atoms with Crippen molar-refractivity contribution < 1.29 is 5.11 Å². The minimum absolute atomic E-state index is 0.626. The first-order chi connectivity index (χ1) is 8.79. The predicted octanol–water partition coefficient (Wildman–Crippen LogP) is 3.90. The normalized spacial score (nSPS) is 11.8. The standard InChI is InChI=1S/C15H27As3O/c1-16(2)9-12-7-13(10-17(3)4)15(19)14(8-12)11-18(5)6/h7-8,19H,9-11H2,1-6H3. The molecule has 0 spiro atoms. The molecule has 4 heteroatoms. The number of rotatable bonds is 6. The van der Waals surface area contributed by atoms with Crippen molar-refractivity contribution in [1.82, 2.24) is 0 Å². The maximum absolute atomic E-state index is 10.5. The number of phenols is 1. The van der Waals surface area contributed by atoms with Gasteiger partial charge in [-0.2, -0.15) is 0 Å². The van der Waals surface area contributed by atoms with Gasteiger partial charge in [0.2, 0.25) is 0 Å². The molecule has 1 N–H and O–H groups in total. The average Bonchev–Trinajstić information content (AvgIpc) is 2.22. The van der Waals surface area contributed by atoms with E-state index in [9.17, 15) is 5.11 Å². The van der Waals surface area contributed by atoms with Crippen molar-refractivity contribution >= 4 is 44.0 Å². The van der Waals surface area contributed by atoms with E-state index in [1.165, 1.54) is 21.9 Å². The first-order valence-electron chi connectivity index (χ1n) is 6.57. The fourth-order valence-electron chi connectivity index (χ4n) is 2.21. The Bertz CT molecular complexity index is 383. The van der Waals surface area contributed by atoms with Gasteiger partial charge in [0.15, 0.2) is 0 Å². The van der Waals surface area contributed by atoms with Gasteiger partial charge in [0.25, 0.3) is 0 Å². The van der Waals surface area contributed by atoms with E-state index in [-0.39, 0.29) is 0 Å². The average molecular weight is 448 g/mol. The zero-order valence-corrected chi connectivity index (χ0v) is 18.7. The van der Waals surface area contributed by atoms with Crippen LogP contribution in [0.1, 0.15) is 16.7 Å². The summed E-state index contributed by atoms with van der Waals surface area (Å²) in [6.45, 7) is 0. The van der Waals surface area contributed by atoms with Crippen LogP contribution >= 0.6 is 0 Å². The molecular formula is C15H27As3O. The molecule has 1 aromatic rings. The van der Waals surface area contributed by atoms with Gasteiger partial charge < -0.3 is 0 Å². The molecule has 0 fully saturated rings. The summed E-state index contributed by atoms with van der Waals surface area (Å²) >= 11 is -2.12. The first kappa shape index (κ1) is 17.7. The van der Waals surface area contributed by atoms with Gasteiger partial charge in [-0.05, 0) is 0 Å². The van der Waals surface area contributed by atoms with Crippen LogP contribution in [-0.4, -0.2) is 49.1 Å². The molecule has 0 aliphatic heterocycles. The van der Waals surface area contributed by atoms with E-state index < -0.39 is 44.0 Å². The number of aromatic hydroxyl groups is 1. The zero-order chi connectivity index (χ0) is 14.6. The van der Waals surface area contributed by atoms with Gasteiger partial charge in [-0.25, -0.2) is 0 Å². The fourth-order valence-corrected chi connectivity index (χ4v) is 8.00. The first-order valence-corrected chi connectivity index (χ1v) is 21.8. The van der Waals surface area contributed by atoms with Crippen LogP contribution in [0, 0.1) is 0 Å². The third kappa shape index (κ3) is 6.33. The van der Waals surface area contributed by atoms with Crippen LogP contribution in [-0.2, 0) is 15.6 Å². The Morgan fingerprint density at radius 3 is 1.42 bits per heavy atom. The monoisotopic (exact) mass is 448 g/mol. The summed E-state index contributed by atoms with van der Waals surface area (Å²) in [5.74, 6) is 0.626. The molecule has 19 heavy (non-hydrogen) atoms. The van der Waals surface area contributed by atoms with Crippen LogP contribution in [0.15, 0.2) is 12.1 Å². The van der Waals surface area contributed by atoms with Gasteiger partial charge >= 0.3 is 134 Å². The molecule has 0 amide bonds. The molecule has 0 saturated carbocycles. The molecule has 0 aliphatic carbocycles. The van der Waals surface area contributed by atoms with Crippen molar-refractivity contribution in [1.29, 1.82) is 0 Å². The minimum atomic E-state index is -0.738. The van der Waals surface area contributed by atoms with E-state index in [1.54, 1.807) is 0 Å². The van der Waals surface area contributed by atoms with Crippen molar-refractivity contribution in [2.24, 2.45) is 0 Å². The van der Waals surface area contributed by atoms with Crippen LogP contribution in [0.4, 0.5) is 0 Å².